The van der Waals surface area contributed by atoms with E-state index in [0.717, 1.165) is 0 Å². The summed E-state index contributed by atoms with van der Waals surface area (Å²) in [5, 5.41) is 35.9. The van der Waals surface area contributed by atoms with Gasteiger partial charge in [0.25, 0.3) is 5.56 Å². The highest BCUT2D eigenvalue weighted by Crippen LogP contribution is 2.36. The number of phenolic OH excluding ortho intramolecular Hbond substituents is 3. The summed E-state index contributed by atoms with van der Waals surface area (Å²) in [5.74, 6) is -1.09. The number of para-hydroxylation sites is 1. The lowest BCUT2D eigenvalue weighted by molar-refractivity contribution is 0.367. The molecule has 0 spiro atoms. The Labute approximate surface area is 208 Å². The van der Waals surface area contributed by atoms with E-state index >= 15 is 0 Å². The number of aromatic hydroxyl groups is 3. The van der Waals surface area contributed by atoms with Crippen molar-refractivity contribution < 1.29 is 19.7 Å². The minimum absolute atomic E-state index is 0.169. The summed E-state index contributed by atoms with van der Waals surface area (Å²) >= 11 is 1.26. The second-order valence-corrected chi connectivity index (χ2v) is 8.67. The van der Waals surface area contributed by atoms with Crippen LogP contribution < -0.4 is 10.4 Å². The Kier molecular flexibility index (Phi) is 5.82. The van der Waals surface area contributed by atoms with Crippen LogP contribution in [0.15, 0.2) is 85.5 Å². The van der Waals surface area contributed by atoms with Crippen molar-refractivity contribution >= 4 is 23.2 Å². The van der Waals surface area contributed by atoms with Crippen molar-refractivity contribution in [1.29, 1.82) is 0 Å². The molecule has 182 valence electrons. The van der Waals surface area contributed by atoms with Crippen LogP contribution in [0.2, 0.25) is 0 Å². The van der Waals surface area contributed by atoms with Crippen LogP contribution in [-0.4, -0.2) is 35.6 Å². The summed E-state index contributed by atoms with van der Waals surface area (Å²) in [6.07, 6.45) is 2.84. The fourth-order valence-corrected chi connectivity index (χ4v) is 4.49. The second kappa shape index (κ2) is 9.12. The third-order valence-corrected chi connectivity index (χ3v) is 6.48. The molecule has 0 saturated heterocycles. The molecule has 0 fully saturated rings. The zero-order valence-corrected chi connectivity index (χ0v) is 20.0. The quantitative estimate of drug-likeness (QED) is 0.248. The molecule has 0 aliphatic carbocycles. The molecule has 2 aromatic carbocycles. The fraction of sp³-hybridized carbons (Fsp3) is 0.0800. The molecule has 0 saturated carbocycles. The van der Waals surface area contributed by atoms with E-state index in [1.807, 2.05) is 37.3 Å². The monoisotopic (exact) mass is 503 g/mol. The van der Waals surface area contributed by atoms with E-state index in [2.05, 4.69) is 10.1 Å². The van der Waals surface area contributed by atoms with Gasteiger partial charge in [0, 0.05) is 18.0 Å². The number of furan rings is 1. The summed E-state index contributed by atoms with van der Waals surface area (Å²) in [7, 11) is 1.79. The molecule has 0 radical (unpaired) electrons. The molecule has 11 heteroatoms. The second-order valence-electron chi connectivity index (χ2n) is 7.83. The van der Waals surface area contributed by atoms with Gasteiger partial charge in [0.1, 0.15) is 5.69 Å². The highest BCUT2D eigenvalue weighted by Gasteiger charge is 2.17. The number of aromatic nitrogens is 3. The molecular weight excluding hydrogens is 482 g/mol. The number of phenols is 3. The molecule has 0 bridgehead atoms. The highest BCUT2D eigenvalue weighted by molar-refractivity contribution is 7.07. The van der Waals surface area contributed by atoms with Crippen LogP contribution in [0.4, 0.5) is 5.69 Å². The first-order chi connectivity index (χ1) is 17.4. The molecule has 0 amide bonds. The summed E-state index contributed by atoms with van der Waals surface area (Å²) in [4.78, 5) is 18.4. The van der Waals surface area contributed by atoms with E-state index in [0.29, 0.717) is 27.6 Å². The van der Waals surface area contributed by atoms with Gasteiger partial charge in [-0.05, 0) is 43.3 Å². The number of benzene rings is 2. The van der Waals surface area contributed by atoms with E-state index in [9.17, 15) is 20.1 Å². The first kappa shape index (κ1) is 23.0. The molecule has 10 nitrogen and oxygen atoms in total. The molecule has 0 aliphatic rings. The van der Waals surface area contributed by atoms with Crippen LogP contribution >= 0.6 is 11.3 Å². The largest absolute Gasteiger partial charge is 0.504 e. The third-order valence-electron chi connectivity index (χ3n) is 5.66. The van der Waals surface area contributed by atoms with Gasteiger partial charge in [-0.1, -0.05) is 18.2 Å². The van der Waals surface area contributed by atoms with Crippen molar-refractivity contribution in [3.63, 3.8) is 0 Å². The lowest BCUT2D eigenvalue weighted by Gasteiger charge is -2.07. The maximum Gasteiger partial charge on any atom is 0.297 e. The van der Waals surface area contributed by atoms with Crippen LogP contribution in [0.5, 0.6) is 17.2 Å². The SMILES string of the molecule is Cc1c(N=c2scc(-c3ccco3)n2N=Cc2ccc(O)c(O)c2O)c(=O)n(-c2ccccc2)n1C. The van der Waals surface area contributed by atoms with Crippen molar-refractivity contribution in [1.82, 2.24) is 14.0 Å². The molecule has 0 atom stereocenters. The Morgan fingerprint density at radius 3 is 2.50 bits per heavy atom. The Balaban J connectivity index is 1.69. The van der Waals surface area contributed by atoms with Crippen molar-refractivity contribution in [2.75, 3.05) is 0 Å². The average molecular weight is 504 g/mol. The summed E-state index contributed by atoms with van der Waals surface area (Å²) in [6.45, 7) is 1.81. The van der Waals surface area contributed by atoms with E-state index in [1.165, 1.54) is 40.6 Å². The predicted octanol–water partition coefficient (Wildman–Crippen LogP) is 3.84. The minimum Gasteiger partial charge on any atom is -0.504 e. The number of nitrogens with zero attached hydrogens (tertiary/aromatic N) is 5. The van der Waals surface area contributed by atoms with E-state index in [4.69, 9.17) is 4.42 Å². The van der Waals surface area contributed by atoms with Crippen LogP contribution in [0.1, 0.15) is 11.3 Å². The van der Waals surface area contributed by atoms with Gasteiger partial charge in [-0.2, -0.15) is 5.10 Å². The molecule has 5 aromatic rings. The molecular formula is C25H21N5O5S. The maximum atomic E-state index is 13.4. The molecule has 3 aromatic heterocycles. The van der Waals surface area contributed by atoms with Crippen LogP contribution in [0.3, 0.4) is 0 Å². The molecule has 5 rings (SSSR count). The van der Waals surface area contributed by atoms with E-state index in [1.54, 1.807) is 33.9 Å². The zero-order chi connectivity index (χ0) is 25.4. The number of hydrogen-bond donors (Lipinski definition) is 3. The van der Waals surface area contributed by atoms with Gasteiger partial charge < -0.3 is 19.7 Å². The van der Waals surface area contributed by atoms with Gasteiger partial charge in [0.15, 0.2) is 22.9 Å². The average Bonchev–Trinajstić information content (AvgIpc) is 3.59. The Morgan fingerprint density at radius 1 is 1.00 bits per heavy atom. The van der Waals surface area contributed by atoms with Gasteiger partial charge in [-0.3, -0.25) is 9.48 Å². The number of thiazole rings is 1. The molecule has 0 aliphatic heterocycles. The summed E-state index contributed by atoms with van der Waals surface area (Å²) in [6, 6.07) is 15.4. The first-order valence-corrected chi connectivity index (χ1v) is 11.7. The molecule has 36 heavy (non-hydrogen) atoms. The lowest BCUT2D eigenvalue weighted by atomic mass is 10.2. The minimum atomic E-state index is -0.646. The predicted molar refractivity (Wildman–Crippen MR) is 135 cm³/mol. The van der Waals surface area contributed by atoms with Crippen molar-refractivity contribution in [2.45, 2.75) is 6.92 Å². The van der Waals surface area contributed by atoms with Gasteiger partial charge in [0.2, 0.25) is 10.6 Å². The lowest BCUT2D eigenvalue weighted by Crippen LogP contribution is -2.19. The molecule has 0 unspecified atom stereocenters. The van der Waals surface area contributed by atoms with Crippen molar-refractivity contribution in [3.05, 3.63) is 92.7 Å². The number of hydrogen-bond acceptors (Lipinski definition) is 8. The standard InChI is InChI=1S/C25H21N5O5S/c1-15-21(24(34)30(28(15)2)17-7-4-3-5-8-17)27-25-29(18(14-36-25)20-9-6-12-35-20)26-13-16-10-11-19(31)23(33)22(16)32/h3-14,31-33H,1-2H3. The van der Waals surface area contributed by atoms with Crippen molar-refractivity contribution in [2.24, 2.45) is 17.1 Å². The van der Waals surface area contributed by atoms with Crippen LogP contribution in [-0.2, 0) is 7.05 Å². The van der Waals surface area contributed by atoms with Crippen LogP contribution in [0, 0.1) is 6.92 Å². The fourth-order valence-electron chi connectivity index (χ4n) is 3.67. The van der Waals surface area contributed by atoms with Gasteiger partial charge >= 0.3 is 0 Å². The zero-order valence-electron chi connectivity index (χ0n) is 19.2. The normalized spacial score (nSPS) is 12.1. The van der Waals surface area contributed by atoms with Crippen LogP contribution in [0.25, 0.3) is 17.1 Å². The molecule has 3 N–H and O–H groups in total. The Morgan fingerprint density at radius 2 is 1.78 bits per heavy atom. The van der Waals surface area contributed by atoms with E-state index in [-0.39, 0.29) is 16.8 Å². The summed E-state index contributed by atoms with van der Waals surface area (Å²) < 4.78 is 10.3. The first-order valence-electron chi connectivity index (χ1n) is 10.8. The van der Waals surface area contributed by atoms with Gasteiger partial charge in [-0.25, -0.2) is 14.4 Å². The van der Waals surface area contributed by atoms with E-state index < -0.39 is 17.2 Å². The maximum absolute atomic E-state index is 13.4. The third kappa shape index (κ3) is 3.91. The van der Waals surface area contributed by atoms with Gasteiger partial charge in [-0.15, -0.1) is 11.3 Å². The van der Waals surface area contributed by atoms with Crippen molar-refractivity contribution in [3.8, 4) is 34.4 Å². The number of rotatable bonds is 5. The Bertz CT molecular complexity index is 1710. The smallest absolute Gasteiger partial charge is 0.297 e. The topological polar surface area (TPSA) is 130 Å². The summed E-state index contributed by atoms with van der Waals surface area (Å²) in [5.41, 5.74) is 2.08. The Hall–Kier alpha value is -4.77. The van der Waals surface area contributed by atoms with Gasteiger partial charge in [0.05, 0.1) is 23.9 Å². The highest BCUT2D eigenvalue weighted by atomic mass is 32.1. The molecule has 3 heterocycles.